The van der Waals surface area contributed by atoms with Crippen molar-refractivity contribution in [3.63, 3.8) is 0 Å². The molecule has 29 heavy (non-hydrogen) atoms. The smallest absolute Gasteiger partial charge is 0.348 e. The number of nitrogens with two attached hydrogens (primary N) is 1. The van der Waals surface area contributed by atoms with Crippen molar-refractivity contribution < 1.29 is 24.2 Å². The second kappa shape index (κ2) is 8.87. The van der Waals surface area contributed by atoms with Gasteiger partial charge >= 0.3 is 5.97 Å². The third-order valence-electron chi connectivity index (χ3n) is 5.16. The van der Waals surface area contributed by atoms with Crippen LogP contribution in [0.4, 0.5) is 0 Å². The second-order valence-corrected chi connectivity index (χ2v) is 7.02. The lowest BCUT2D eigenvalue weighted by atomic mass is 9.86. The second-order valence-electron chi connectivity index (χ2n) is 7.02. The number of carbonyl (C=O) groups excluding carboxylic acids is 3. The molecule has 2 amide bonds. The zero-order valence-electron chi connectivity index (χ0n) is 16.0. The van der Waals surface area contributed by atoms with E-state index in [0.29, 0.717) is 24.1 Å². The number of ether oxygens (including phenoxy) is 1. The van der Waals surface area contributed by atoms with Crippen molar-refractivity contribution in [2.45, 2.75) is 30.9 Å². The predicted molar refractivity (Wildman–Crippen MR) is 105 cm³/mol. The number of nitrogens with zero attached hydrogens (tertiary/aromatic N) is 1. The van der Waals surface area contributed by atoms with Gasteiger partial charge in [-0.05, 0) is 30.4 Å². The van der Waals surface area contributed by atoms with Crippen molar-refractivity contribution >= 4 is 17.8 Å². The first-order valence-corrected chi connectivity index (χ1v) is 9.54. The minimum Gasteiger partial charge on any atom is -0.453 e. The molecule has 1 aliphatic heterocycles. The Morgan fingerprint density at radius 1 is 1.00 bits per heavy atom. The van der Waals surface area contributed by atoms with Gasteiger partial charge in [0, 0.05) is 6.54 Å². The van der Waals surface area contributed by atoms with Crippen LogP contribution in [0.3, 0.4) is 0 Å². The van der Waals surface area contributed by atoms with E-state index in [0.717, 1.165) is 12.8 Å². The number of rotatable bonds is 6. The highest BCUT2D eigenvalue weighted by Crippen LogP contribution is 2.31. The summed E-state index contributed by atoms with van der Waals surface area (Å²) in [5, 5.41) is 11.3. The lowest BCUT2D eigenvalue weighted by Crippen LogP contribution is -2.52. The van der Waals surface area contributed by atoms with Crippen LogP contribution in [0, 0.1) is 0 Å². The first-order valence-electron chi connectivity index (χ1n) is 9.54. The summed E-state index contributed by atoms with van der Waals surface area (Å²) in [5.41, 5.74) is 3.99. The molecule has 0 radical (unpaired) electrons. The number of carbonyl (C=O) groups is 3. The lowest BCUT2D eigenvalue weighted by Gasteiger charge is -2.34. The van der Waals surface area contributed by atoms with Crippen molar-refractivity contribution in [2.75, 3.05) is 13.2 Å². The Balaban J connectivity index is 1.79. The fourth-order valence-electron chi connectivity index (χ4n) is 3.60. The maximum atomic E-state index is 12.9. The third-order valence-corrected chi connectivity index (χ3v) is 5.16. The van der Waals surface area contributed by atoms with Crippen molar-refractivity contribution in [1.29, 1.82) is 0 Å². The molecule has 1 aliphatic rings. The minimum absolute atomic E-state index is 0.330. The number of benzene rings is 2. The molecular formula is C22H24N2O5. The number of hydrogen-bond acceptors (Lipinski definition) is 5. The SMILES string of the molecule is NC(=O)[C@@H]1CCCCN1C(=O)COC(=O)C(O)(c1ccccc1)c1ccccc1. The number of amides is 2. The van der Waals surface area contributed by atoms with Crippen LogP contribution in [0.1, 0.15) is 30.4 Å². The number of likely N-dealkylation sites (tertiary alicyclic amines) is 1. The Morgan fingerprint density at radius 3 is 2.07 bits per heavy atom. The molecule has 2 aromatic carbocycles. The van der Waals surface area contributed by atoms with Gasteiger partial charge in [0.05, 0.1) is 0 Å². The van der Waals surface area contributed by atoms with E-state index in [1.807, 2.05) is 0 Å². The van der Waals surface area contributed by atoms with Crippen LogP contribution in [0.2, 0.25) is 0 Å². The van der Waals surface area contributed by atoms with E-state index < -0.39 is 36.0 Å². The third kappa shape index (κ3) is 4.30. The summed E-state index contributed by atoms with van der Waals surface area (Å²) in [6.07, 6.45) is 2.05. The van der Waals surface area contributed by atoms with E-state index in [1.54, 1.807) is 60.7 Å². The maximum absolute atomic E-state index is 12.9. The molecule has 2 aromatic rings. The van der Waals surface area contributed by atoms with Crippen molar-refractivity contribution in [2.24, 2.45) is 5.73 Å². The largest absolute Gasteiger partial charge is 0.453 e. The molecule has 152 valence electrons. The van der Waals surface area contributed by atoms with E-state index in [1.165, 1.54) is 4.90 Å². The van der Waals surface area contributed by atoms with Gasteiger partial charge in [0.15, 0.2) is 6.61 Å². The van der Waals surface area contributed by atoms with Crippen LogP contribution in [0.5, 0.6) is 0 Å². The summed E-state index contributed by atoms with van der Waals surface area (Å²) >= 11 is 0. The van der Waals surface area contributed by atoms with Crippen LogP contribution in [-0.2, 0) is 24.7 Å². The predicted octanol–water partition coefficient (Wildman–Crippen LogP) is 1.33. The molecule has 1 atom stereocenters. The molecule has 3 N–H and O–H groups in total. The summed E-state index contributed by atoms with van der Waals surface area (Å²) in [6, 6.07) is 16.1. The van der Waals surface area contributed by atoms with E-state index >= 15 is 0 Å². The van der Waals surface area contributed by atoms with Crippen molar-refractivity contribution in [1.82, 2.24) is 4.90 Å². The van der Waals surface area contributed by atoms with Gasteiger partial charge in [0.25, 0.3) is 5.91 Å². The van der Waals surface area contributed by atoms with Gasteiger partial charge in [-0.2, -0.15) is 0 Å². The maximum Gasteiger partial charge on any atom is 0.348 e. The van der Waals surface area contributed by atoms with Crippen LogP contribution in [0.25, 0.3) is 0 Å². The molecule has 1 saturated heterocycles. The summed E-state index contributed by atoms with van der Waals surface area (Å²) in [7, 11) is 0. The average molecular weight is 396 g/mol. The first kappa shape index (κ1) is 20.5. The zero-order chi connectivity index (χ0) is 20.9. The number of esters is 1. The average Bonchev–Trinajstić information content (AvgIpc) is 2.77. The summed E-state index contributed by atoms with van der Waals surface area (Å²) in [6.45, 7) is -0.198. The number of hydrogen-bond donors (Lipinski definition) is 2. The van der Waals surface area contributed by atoms with E-state index in [2.05, 4.69) is 0 Å². The highest BCUT2D eigenvalue weighted by atomic mass is 16.6. The summed E-state index contributed by atoms with van der Waals surface area (Å²) in [5.74, 6) is -2.05. The quantitative estimate of drug-likeness (QED) is 0.716. The fraction of sp³-hybridized carbons (Fsp3) is 0.318. The molecule has 1 heterocycles. The Hall–Kier alpha value is -3.19. The summed E-state index contributed by atoms with van der Waals surface area (Å²) in [4.78, 5) is 38.5. The van der Waals surface area contributed by atoms with Gasteiger partial charge in [0.1, 0.15) is 6.04 Å². The molecule has 7 nitrogen and oxygen atoms in total. The van der Waals surface area contributed by atoms with E-state index in [-0.39, 0.29) is 0 Å². The molecule has 0 spiro atoms. The molecule has 0 bridgehead atoms. The van der Waals surface area contributed by atoms with Crippen LogP contribution < -0.4 is 5.73 Å². The van der Waals surface area contributed by atoms with E-state index in [4.69, 9.17) is 10.5 Å². The Morgan fingerprint density at radius 2 is 1.55 bits per heavy atom. The highest BCUT2D eigenvalue weighted by molar-refractivity contribution is 5.90. The van der Waals surface area contributed by atoms with Gasteiger partial charge in [-0.1, -0.05) is 60.7 Å². The summed E-state index contributed by atoms with van der Waals surface area (Å²) < 4.78 is 5.23. The van der Waals surface area contributed by atoms with Gasteiger partial charge in [-0.3, -0.25) is 9.59 Å². The Bertz CT molecular complexity index is 830. The van der Waals surface area contributed by atoms with Gasteiger partial charge in [-0.25, -0.2) is 4.79 Å². The van der Waals surface area contributed by atoms with Gasteiger partial charge in [0.2, 0.25) is 11.5 Å². The van der Waals surface area contributed by atoms with E-state index in [9.17, 15) is 19.5 Å². The molecule has 0 unspecified atom stereocenters. The van der Waals surface area contributed by atoms with Crippen LogP contribution in [0.15, 0.2) is 60.7 Å². The normalized spacial score (nSPS) is 16.9. The number of primary amides is 1. The molecule has 0 aromatic heterocycles. The Labute approximate surface area is 169 Å². The first-order chi connectivity index (χ1) is 13.9. The minimum atomic E-state index is -2.06. The zero-order valence-corrected chi connectivity index (χ0v) is 16.0. The van der Waals surface area contributed by atoms with Crippen LogP contribution in [-0.4, -0.2) is 47.0 Å². The standard InChI is InChI=1S/C22H24N2O5/c23-20(26)18-13-7-8-14-24(18)19(25)15-29-21(27)22(28,16-9-3-1-4-10-16)17-11-5-2-6-12-17/h1-6,9-12,18,28H,7-8,13-15H2,(H2,23,26)/t18-/m0/s1. The molecule has 1 fully saturated rings. The molecule has 3 rings (SSSR count). The highest BCUT2D eigenvalue weighted by Gasteiger charge is 2.42. The molecule has 0 saturated carbocycles. The van der Waals surface area contributed by atoms with Crippen molar-refractivity contribution in [3.8, 4) is 0 Å². The molecular weight excluding hydrogens is 372 g/mol. The van der Waals surface area contributed by atoms with Crippen molar-refractivity contribution in [3.05, 3.63) is 71.8 Å². The Kier molecular flexibility index (Phi) is 6.29. The molecule has 0 aliphatic carbocycles. The monoisotopic (exact) mass is 396 g/mol. The number of piperidine rings is 1. The fourth-order valence-corrected chi connectivity index (χ4v) is 3.60. The topological polar surface area (TPSA) is 110 Å². The van der Waals surface area contributed by atoms with Crippen LogP contribution >= 0.6 is 0 Å². The lowest BCUT2D eigenvalue weighted by molar-refractivity contribution is -0.167. The van der Waals surface area contributed by atoms with Gasteiger partial charge in [-0.15, -0.1) is 0 Å². The van der Waals surface area contributed by atoms with Gasteiger partial charge < -0.3 is 20.5 Å². The molecule has 7 heteroatoms. The number of aliphatic hydroxyl groups is 1.